The monoisotopic (exact) mass is 371 g/mol. The van der Waals surface area contributed by atoms with Crippen molar-refractivity contribution in [2.45, 2.75) is 25.4 Å². The molecule has 1 aromatic heterocycles. The molecule has 0 spiro atoms. The molecule has 0 saturated heterocycles. The maximum atomic E-state index is 10.9. The lowest BCUT2D eigenvalue weighted by Gasteiger charge is -2.19. The van der Waals surface area contributed by atoms with Gasteiger partial charge in [-0.2, -0.15) is 5.26 Å². The van der Waals surface area contributed by atoms with Crippen molar-refractivity contribution in [2.24, 2.45) is 11.7 Å². The Morgan fingerprint density at radius 3 is 2.44 bits per heavy atom. The zero-order valence-electron chi connectivity index (χ0n) is 15.8. The summed E-state index contributed by atoms with van der Waals surface area (Å²) in [4.78, 5) is 3.15. The third-order valence-electron chi connectivity index (χ3n) is 4.96. The number of nitrogens with two attached hydrogens (primary N) is 1. The lowest BCUT2D eigenvalue weighted by molar-refractivity contribution is 0.154. The first kappa shape index (κ1) is 19.1. The minimum atomic E-state index is -0.713. The van der Waals surface area contributed by atoms with Crippen LogP contribution < -0.4 is 19.9 Å². The van der Waals surface area contributed by atoms with Crippen molar-refractivity contribution in [2.75, 3.05) is 27.9 Å². The third-order valence-corrected chi connectivity index (χ3v) is 4.96. The second-order valence-electron chi connectivity index (χ2n) is 6.58. The van der Waals surface area contributed by atoms with Crippen molar-refractivity contribution in [3.63, 3.8) is 0 Å². The Morgan fingerprint density at radius 2 is 1.93 bits per heavy atom. The van der Waals surface area contributed by atoms with Crippen LogP contribution in [0.15, 0.2) is 12.1 Å². The van der Waals surface area contributed by atoms with E-state index < -0.39 is 6.10 Å². The Morgan fingerprint density at radius 1 is 1.22 bits per heavy atom. The number of ether oxygens (including phenoxy) is 3. The van der Waals surface area contributed by atoms with Gasteiger partial charge in [0.1, 0.15) is 11.8 Å². The van der Waals surface area contributed by atoms with E-state index >= 15 is 0 Å². The second kappa shape index (κ2) is 7.91. The Hall–Kier alpha value is -2.69. The molecule has 0 bridgehead atoms. The van der Waals surface area contributed by atoms with Crippen molar-refractivity contribution in [3.05, 3.63) is 29.1 Å². The number of nitriles is 1. The molecule has 1 aromatic carbocycles. The summed E-state index contributed by atoms with van der Waals surface area (Å²) in [5, 5.41) is 20.5. The quantitative estimate of drug-likeness (QED) is 0.657. The van der Waals surface area contributed by atoms with E-state index in [1.54, 1.807) is 27.4 Å². The van der Waals surface area contributed by atoms with Crippen molar-refractivity contribution in [1.82, 2.24) is 4.98 Å². The van der Waals surface area contributed by atoms with Crippen molar-refractivity contribution < 1.29 is 19.3 Å². The lowest BCUT2D eigenvalue weighted by Crippen LogP contribution is -2.06. The molecule has 2 aromatic rings. The molecule has 1 fully saturated rings. The van der Waals surface area contributed by atoms with E-state index in [2.05, 4.69) is 11.1 Å². The van der Waals surface area contributed by atoms with Crippen LogP contribution in [0, 0.1) is 17.2 Å². The zero-order chi connectivity index (χ0) is 19.6. The Labute approximate surface area is 158 Å². The summed E-state index contributed by atoms with van der Waals surface area (Å²) in [5.41, 5.74) is 9.05. The lowest BCUT2D eigenvalue weighted by atomic mass is 9.92. The second-order valence-corrected chi connectivity index (χ2v) is 6.58. The van der Waals surface area contributed by atoms with Crippen LogP contribution in [0.2, 0.25) is 0 Å². The number of aromatic nitrogens is 1. The van der Waals surface area contributed by atoms with E-state index in [1.165, 1.54) is 0 Å². The van der Waals surface area contributed by atoms with Crippen LogP contribution in [0.1, 0.15) is 35.9 Å². The summed E-state index contributed by atoms with van der Waals surface area (Å²) in [7, 11) is 4.66. The molecule has 3 rings (SSSR count). The third kappa shape index (κ3) is 3.34. The van der Waals surface area contributed by atoms with Crippen molar-refractivity contribution >= 4 is 0 Å². The maximum Gasteiger partial charge on any atom is 0.203 e. The SMILES string of the molecule is COc1ccc(-c2c(CCN)[nH]c(C#N)c2C(O)C2CC2)c(OC)c1OC. The Kier molecular flexibility index (Phi) is 5.59. The largest absolute Gasteiger partial charge is 0.493 e. The number of H-pyrrole nitrogens is 1. The van der Waals surface area contributed by atoms with E-state index in [9.17, 15) is 10.4 Å². The average molecular weight is 371 g/mol. The van der Waals surface area contributed by atoms with Gasteiger partial charge in [-0.05, 0) is 37.4 Å². The molecule has 144 valence electrons. The molecule has 4 N–H and O–H groups in total. The van der Waals surface area contributed by atoms with Gasteiger partial charge >= 0.3 is 0 Å². The smallest absolute Gasteiger partial charge is 0.203 e. The minimum absolute atomic E-state index is 0.170. The first-order valence-corrected chi connectivity index (χ1v) is 8.93. The number of nitrogens with one attached hydrogen (secondary N) is 1. The molecule has 1 aliphatic rings. The molecule has 1 saturated carbocycles. The summed E-state index contributed by atoms with van der Waals surface area (Å²) < 4.78 is 16.5. The summed E-state index contributed by atoms with van der Waals surface area (Å²) in [6, 6.07) is 5.83. The fraction of sp³-hybridized carbons (Fsp3) is 0.450. The number of aliphatic hydroxyl groups excluding tert-OH is 1. The van der Waals surface area contributed by atoms with Gasteiger partial charge in [0, 0.05) is 28.8 Å². The Balaban J connectivity index is 2.30. The Bertz CT molecular complexity index is 865. The molecule has 1 atom stereocenters. The maximum absolute atomic E-state index is 10.9. The molecule has 27 heavy (non-hydrogen) atoms. The van der Waals surface area contributed by atoms with E-state index in [0.717, 1.165) is 29.7 Å². The molecule has 0 radical (unpaired) electrons. The number of hydrogen-bond acceptors (Lipinski definition) is 6. The van der Waals surface area contributed by atoms with Gasteiger partial charge in [-0.15, -0.1) is 0 Å². The van der Waals surface area contributed by atoms with Crippen LogP contribution in [0.3, 0.4) is 0 Å². The summed E-state index contributed by atoms with van der Waals surface area (Å²) in [6.45, 7) is 0.410. The number of hydrogen-bond donors (Lipinski definition) is 3. The molecule has 1 unspecified atom stereocenters. The van der Waals surface area contributed by atoms with Gasteiger partial charge < -0.3 is 30.0 Å². The molecular weight excluding hydrogens is 346 g/mol. The number of methoxy groups -OCH3 is 3. The van der Waals surface area contributed by atoms with Gasteiger partial charge in [0.2, 0.25) is 5.75 Å². The van der Waals surface area contributed by atoms with E-state index in [1.807, 2.05) is 6.07 Å². The van der Waals surface area contributed by atoms with Crippen LogP contribution >= 0.6 is 0 Å². The van der Waals surface area contributed by atoms with Crippen molar-refractivity contribution in [3.8, 4) is 34.4 Å². The fourth-order valence-electron chi connectivity index (χ4n) is 3.54. The average Bonchev–Trinajstić information content (AvgIpc) is 3.48. The number of aliphatic hydroxyl groups is 1. The first-order valence-electron chi connectivity index (χ1n) is 8.93. The molecule has 7 heteroatoms. The molecule has 0 amide bonds. The summed E-state index contributed by atoms with van der Waals surface area (Å²) >= 11 is 0. The summed E-state index contributed by atoms with van der Waals surface area (Å²) in [6.07, 6.45) is 1.73. The van der Waals surface area contributed by atoms with Crippen LogP contribution in [0.25, 0.3) is 11.1 Å². The predicted octanol–water partition coefficient (Wildman–Crippen LogP) is 2.52. The highest BCUT2D eigenvalue weighted by Gasteiger charge is 2.36. The van der Waals surface area contributed by atoms with Gasteiger partial charge in [-0.1, -0.05) is 0 Å². The molecule has 7 nitrogen and oxygen atoms in total. The summed E-state index contributed by atoms with van der Waals surface area (Å²) in [5.74, 6) is 1.66. The molecule has 1 aliphatic carbocycles. The normalized spacial score (nSPS) is 14.5. The number of benzene rings is 1. The highest BCUT2D eigenvalue weighted by Crippen LogP contribution is 2.50. The van der Waals surface area contributed by atoms with Crippen LogP contribution in [0.4, 0.5) is 0 Å². The van der Waals surface area contributed by atoms with Crippen molar-refractivity contribution in [1.29, 1.82) is 5.26 Å². The highest BCUT2D eigenvalue weighted by molar-refractivity contribution is 5.82. The molecular formula is C20H25N3O4. The van der Waals surface area contributed by atoms with E-state index in [4.69, 9.17) is 19.9 Å². The first-order chi connectivity index (χ1) is 13.1. The van der Waals surface area contributed by atoms with Gasteiger partial charge in [-0.3, -0.25) is 0 Å². The molecule has 0 aliphatic heterocycles. The van der Waals surface area contributed by atoms with Gasteiger partial charge in [0.05, 0.1) is 27.4 Å². The van der Waals surface area contributed by atoms with Crippen LogP contribution in [0.5, 0.6) is 17.2 Å². The standard InChI is InChI=1S/C20H25N3O4/c1-25-15-7-6-12(19(26-2)20(15)27-3)16-13(8-9-21)23-14(10-22)17(16)18(24)11-4-5-11/h6-7,11,18,23-24H,4-5,8-9,21H2,1-3H3. The van der Waals surface area contributed by atoms with E-state index in [-0.39, 0.29) is 5.92 Å². The number of nitrogens with zero attached hydrogens (tertiary/aromatic N) is 1. The number of rotatable bonds is 8. The van der Waals surface area contributed by atoms with Gasteiger partial charge in [0.25, 0.3) is 0 Å². The van der Waals surface area contributed by atoms with Crippen LogP contribution in [-0.2, 0) is 6.42 Å². The topological polar surface area (TPSA) is 114 Å². The minimum Gasteiger partial charge on any atom is -0.493 e. The molecule has 1 heterocycles. The number of aromatic amines is 1. The fourth-order valence-corrected chi connectivity index (χ4v) is 3.54. The van der Waals surface area contributed by atoms with E-state index in [0.29, 0.717) is 41.5 Å². The van der Waals surface area contributed by atoms with Crippen LogP contribution in [-0.4, -0.2) is 38.0 Å². The highest BCUT2D eigenvalue weighted by atomic mass is 16.5. The van der Waals surface area contributed by atoms with Gasteiger partial charge in [0.15, 0.2) is 11.5 Å². The predicted molar refractivity (Wildman–Crippen MR) is 101 cm³/mol. The zero-order valence-corrected chi connectivity index (χ0v) is 15.8. The van der Waals surface area contributed by atoms with Gasteiger partial charge in [-0.25, -0.2) is 0 Å².